The molecule has 15 heavy (non-hydrogen) atoms. The van der Waals surface area contributed by atoms with Crippen molar-refractivity contribution < 1.29 is 9.84 Å². The van der Waals surface area contributed by atoms with Crippen LogP contribution in [0.15, 0.2) is 12.4 Å². The maximum Gasteiger partial charge on any atom is 0.216 e. The molecule has 1 N–H and O–H groups in total. The summed E-state index contributed by atoms with van der Waals surface area (Å²) in [7, 11) is 1.56. The van der Waals surface area contributed by atoms with Crippen LogP contribution in [0.3, 0.4) is 0 Å². The highest BCUT2D eigenvalue weighted by Crippen LogP contribution is 2.34. The summed E-state index contributed by atoms with van der Waals surface area (Å²) in [5, 5.41) is 9.93. The van der Waals surface area contributed by atoms with Gasteiger partial charge in [-0.25, -0.2) is 9.97 Å². The predicted octanol–water partition coefficient (Wildman–Crippen LogP) is 1.71. The van der Waals surface area contributed by atoms with Gasteiger partial charge in [-0.15, -0.1) is 0 Å². The Bertz CT molecular complexity index is 326. The fourth-order valence-corrected chi connectivity index (χ4v) is 1.81. The summed E-state index contributed by atoms with van der Waals surface area (Å²) >= 11 is 0. The van der Waals surface area contributed by atoms with Gasteiger partial charge in [0.2, 0.25) is 5.88 Å². The van der Waals surface area contributed by atoms with Gasteiger partial charge < -0.3 is 9.84 Å². The van der Waals surface area contributed by atoms with Crippen molar-refractivity contribution in [2.45, 2.75) is 31.8 Å². The lowest BCUT2D eigenvalue weighted by Gasteiger charge is -2.27. The van der Waals surface area contributed by atoms with Gasteiger partial charge in [-0.05, 0) is 12.3 Å². The summed E-state index contributed by atoms with van der Waals surface area (Å²) < 4.78 is 4.99. The van der Waals surface area contributed by atoms with E-state index in [9.17, 15) is 5.11 Å². The second-order valence-electron chi connectivity index (χ2n) is 4.03. The van der Waals surface area contributed by atoms with Crippen LogP contribution in [0.5, 0.6) is 5.88 Å². The molecular weight excluding hydrogens is 192 g/mol. The van der Waals surface area contributed by atoms with Crippen LogP contribution in [0.25, 0.3) is 0 Å². The lowest BCUT2D eigenvalue weighted by Crippen LogP contribution is -2.15. The summed E-state index contributed by atoms with van der Waals surface area (Å²) in [4.78, 5) is 7.97. The quantitative estimate of drug-likeness (QED) is 0.818. The van der Waals surface area contributed by atoms with Crippen molar-refractivity contribution >= 4 is 0 Å². The molecule has 4 heteroatoms. The zero-order valence-electron chi connectivity index (χ0n) is 8.89. The van der Waals surface area contributed by atoms with Gasteiger partial charge in [0.05, 0.1) is 18.9 Å². The van der Waals surface area contributed by atoms with Crippen molar-refractivity contribution in [2.75, 3.05) is 7.11 Å². The number of methoxy groups -OCH3 is 1. The van der Waals surface area contributed by atoms with Gasteiger partial charge in [-0.2, -0.15) is 0 Å². The molecule has 2 rings (SSSR count). The number of aliphatic hydroxyl groups is 1. The highest BCUT2D eigenvalue weighted by molar-refractivity contribution is 5.15. The molecule has 0 amide bonds. The maximum absolute atomic E-state index is 9.93. The molecule has 1 unspecified atom stereocenters. The molecule has 0 saturated heterocycles. The minimum absolute atomic E-state index is 0.479. The highest BCUT2D eigenvalue weighted by atomic mass is 16.5. The molecule has 82 valence electrons. The first-order chi connectivity index (χ1) is 7.29. The van der Waals surface area contributed by atoms with E-state index in [-0.39, 0.29) is 0 Å². The molecule has 0 aliphatic heterocycles. The fourth-order valence-electron chi connectivity index (χ4n) is 1.81. The van der Waals surface area contributed by atoms with E-state index in [2.05, 4.69) is 9.97 Å². The average Bonchev–Trinajstić information content (AvgIpc) is 2.23. The largest absolute Gasteiger partial charge is 0.481 e. The van der Waals surface area contributed by atoms with Gasteiger partial charge >= 0.3 is 0 Å². The third-order valence-corrected chi connectivity index (χ3v) is 3.00. The molecule has 0 radical (unpaired) electrons. The average molecular weight is 208 g/mol. The number of rotatable bonds is 4. The maximum atomic E-state index is 9.93. The molecule has 1 atom stereocenters. The van der Waals surface area contributed by atoms with Crippen LogP contribution in [-0.4, -0.2) is 22.2 Å². The Morgan fingerprint density at radius 1 is 1.53 bits per heavy atom. The van der Waals surface area contributed by atoms with Gasteiger partial charge in [0.1, 0.15) is 6.33 Å². The Kier molecular flexibility index (Phi) is 3.16. The lowest BCUT2D eigenvalue weighted by atomic mass is 9.81. The minimum atomic E-state index is -0.479. The number of aromatic nitrogens is 2. The molecule has 1 aromatic heterocycles. The van der Waals surface area contributed by atoms with Crippen LogP contribution in [0.4, 0.5) is 0 Å². The van der Waals surface area contributed by atoms with Gasteiger partial charge in [0, 0.05) is 6.07 Å². The first kappa shape index (κ1) is 10.4. The van der Waals surface area contributed by atoms with Gasteiger partial charge in [-0.1, -0.05) is 19.3 Å². The first-order valence-electron chi connectivity index (χ1n) is 5.33. The number of aliphatic hydroxyl groups excluding tert-OH is 1. The summed E-state index contributed by atoms with van der Waals surface area (Å²) in [6.45, 7) is 0. The molecular formula is C11H16N2O2. The third-order valence-electron chi connectivity index (χ3n) is 3.00. The standard InChI is InChI=1S/C11H16N2O2/c1-15-11-6-9(12-7-13-11)10(14)5-8-3-2-4-8/h6-8,10,14H,2-5H2,1H3. The molecule has 0 bridgehead atoms. The van der Waals surface area contributed by atoms with E-state index >= 15 is 0 Å². The van der Waals surface area contributed by atoms with Crippen LogP contribution in [-0.2, 0) is 0 Å². The number of nitrogens with zero attached hydrogens (tertiary/aromatic N) is 2. The Hall–Kier alpha value is -1.16. The molecule has 0 spiro atoms. The Morgan fingerprint density at radius 3 is 2.93 bits per heavy atom. The van der Waals surface area contributed by atoms with Crippen LogP contribution < -0.4 is 4.74 Å². The summed E-state index contributed by atoms with van der Waals surface area (Å²) in [5.41, 5.74) is 0.661. The first-order valence-corrected chi connectivity index (χ1v) is 5.33. The van der Waals surface area contributed by atoms with Crippen LogP contribution in [0.1, 0.15) is 37.5 Å². The van der Waals surface area contributed by atoms with E-state index in [1.54, 1.807) is 13.2 Å². The smallest absolute Gasteiger partial charge is 0.216 e. The normalized spacial score (nSPS) is 18.3. The van der Waals surface area contributed by atoms with Crippen molar-refractivity contribution in [1.29, 1.82) is 0 Å². The van der Waals surface area contributed by atoms with Crippen molar-refractivity contribution in [3.8, 4) is 5.88 Å². The molecule has 1 fully saturated rings. The van der Waals surface area contributed by atoms with E-state index in [4.69, 9.17) is 4.74 Å². The zero-order chi connectivity index (χ0) is 10.7. The molecule has 1 aliphatic carbocycles. The molecule has 1 aromatic rings. The molecule has 4 nitrogen and oxygen atoms in total. The predicted molar refractivity (Wildman–Crippen MR) is 55.5 cm³/mol. The highest BCUT2D eigenvalue weighted by Gasteiger charge is 2.22. The molecule has 1 aliphatic rings. The van der Waals surface area contributed by atoms with E-state index in [0.717, 1.165) is 6.42 Å². The molecule has 0 aromatic carbocycles. The Morgan fingerprint density at radius 2 is 2.33 bits per heavy atom. The number of ether oxygens (including phenoxy) is 1. The van der Waals surface area contributed by atoms with Crippen molar-refractivity contribution in [3.63, 3.8) is 0 Å². The number of hydrogen-bond acceptors (Lipinski definition) is 4. The van der Waals surface area contributed by atoms with Crippen LogP contribution in [0.2, 0.25) is 0 Å². The summed E-state index contributed by atoms with van der Waals surface area (Å²) in [6.07, 6.45) is 5.52. The van der Waals surface area contributed by atoms with Crippen LogP contribution >= 0.6 is 0 Å². The Labute approximate surface area is 89.3 Å². The van der Waals surface area contributed by atoms with Crippen LogP contribution in [0, 0.1) is 5.92 Å². The monoisotopic (exact) mass is 208 g/mol. The fraction of sp³-hybridized carbons (Fsp3) is 0.636. The zero-order valence-corrected chi connectivity index (χ0v) is 8.89. The molecule has 1 heterocycles. The van der Waals surface area contributed by atoms with E-state index < -0.39 is 6.10 Å². The SMILES string of the molecule is COc1cc(C(O)CC2CCC2)ncn1. The third kappa shape index (κ3) is 2.45. The minimum Gasteiger partial charge on any atom is -0.481 e. The van der Waals surface area contributed by atoms with Crippen molar-refractivity contribution in [1.82, 2.24) is 9.97 Å². The van der Waals surface area contributed by atoms with Crippen molar-refractivity contribution in [3.05, 3.63) is 18.1 Å². The number of hydrogen-bond donors (Lipinski definition) is 1. The topological polar surface area (TPSA) is 55.2 Å². The summed E-state index contributed by atoms with van der Waals surface area (Å²) in [6, 6.07) is 1.70. The van der Waals surface area contributed by atoms with Crippen molar-refractivity contribution in [2.24, 2.45) is 5.92 Å². The summed E-state index contributed by atoms with van der Waals surface area (Å²) in [5.74, 6) is 1.17. The van der Waals surface area contributed by atoms with Gasteiger partial charge in [0.15, 0.2) is 0 Å². The van der Waals surface area contributed by atoms with Gasteiger partial charge in [0.25, 0.3) is 0 Å². The van der Waals surface area contributed by atoms with E-state index in [0.29, 0.717) is 17.5 Å². The second kappa shape index (κ2) is 4.57. The lowest BCUT2D eigenvalue weighted by molar-refractivity contribution is 0.114. The van der Waals surface area contributed by atoms with Gasteiger partial charge in [-0.3, -0.25) is 0 Å². The second-order valence-corrected chi connectivity index (χ2v) is 4.03. The van der Waals surface area contributed by atoms with E-state index in [1.165, 1.54) is 25.6 Å². The molecule has 1 saturated carbocycles. The van der Waals surface area contributed by atoms with E-state index in [1.807, 2.05) is 0 Å². The Balaban J connectivity index is 1.99.